The van der Waals surface area contributed by atoms with Crippen molar-refractivity contribution < 1.29 is 4.79 Å². The molecule has 2 rings (SSSR count). The van der Waals surface area contributed by atoms with Gasteiger partial charge in [-0.2, -0.15) is 4.37 Å². The largest absolute Gasteiger partial charge is 0.294 e. The number of aryl methyl sites for hydroxylation is 1. The molecule has 2 nitrogen and oxygen atoms in total. The van der Waals surface area contributed by atoms with Gasteiger partial charge in [0.2, 0.25) is 0 Å². The van der Waals surface area contributed by atoms with Gasteiger partial charge in [0.05, 0.1) is 16.0 Å². The summed E-state index contributed by atoms with van der Waals surface area (Å²) >= 11 is 3.02. The molecule has 0 amide bonds. The summed E-state index contributed by atoms with van der Waals surface area (Å²) in [5.74, 6) is 0.119. The van der Waals surface area contributed by atoms with Gasteiger partial charge in [0.1, 0.15) is 0 Å². The Morgan fingerprint density at radius 1 is 1.47 bits per heavy atom. The van der Waals surface area contributed by atoms with Crippen molar-refractivity contribution in [3.05, 3.63) is 23.4 Å². The van der Waals surface area contributed by atoms with Gasteiger partial charge in [-0.25, -0.2) is 0 Å². The molecule has 0 saturated carbocycles. The Morgan fingerprint density at radius 2 is 2.20 bits per heavy atom. The smallest absolute Gasteiger partial charge is 0.162 e. The summed E-state index contributed by atoms with van der Waals surface area (Å²) in [7, 11) is 0. The number of fused-ring (bicyclic) bond motifs is 1. The number of hydrogen-bond acceptors (Lipinski definition) is 4. The van der Waals surface area contributed by atoms with E-state index in [0.717, 1.165) is 26.2 Å². The molecule has 0 aliphatic carbocycles. The Balaban J connectivity index is 2.85. The molecule has 0 unspecified atom stereocenters. The maximum atomic E-state index is 11.6. The Bertz CT molecular complexity index is 531. The van der Waals surface area contributed by atoms with Crippen LogP contribution in [-0.2, 0) is 0 Å². The Morgan fingerprint density at radius 3 is 2.80 bits per heavy atom. The minimum atomic E-state index is 0.119. The molecule has 4 heteroatoms. The minimum absolute atomic E-state index is 0.119. The van der Waals surface area contributed by atoms with Gasteiger partial charge < -0.3 is 0 Å². The van der Waals surface area contributed by atoms with Gasteiger partial charge in [0.25, 0.3) is 0 Å². The van der Waals surface area contributed by atoms with Gasteiger partial charge in [-0.3, -0.25) is 4.79 Å². The molecule has 0 aliphatic heterocycles. The lowest BCUT2D eigenvalue weighted by Gasteiger charge is -2.04. The van der Waals surface area contributed by atoms with E-state index in [4.69, 9.17) is 0 Å². The van der Waals surface area contributed by atoms with Gasteiger partial charge in [-0.1, -0.05) is 6.07 Å². The van der Waals surface area contributed by atoms with Crippen molar-refractivity contribution in [3.8, 4) is 0 Å². The van der Waals surface area contributed by atoms with Crippen molar-refractivity contribution in [1.82, 2.24) is 4.37 Å². The van der Waals surface area contributed by atoms with Crippen molar-refractivity contribution in [2.75, 3.05) is 6.26 Å². The molecule has 1 heterocycles. The predicted octanol–water partition coefficient (Wildman–Crippen LogP) is 3.53. The van der Waals surface area contributed by atoms with Crippen LogP contribution in [0.5, 0.6) is 0 Å². The zero-order valence-electron chi connectivity index (χ0n) is 8.83. The molecule has 0 spiro atoms. The van der Waals surface area contributed by atoms with Crippen molar-refractivity contribution in [3.63, 3.8) is 0 Å². The molecule has 0 bridgehead atoms. The summed E-state index contributed by atoms with van der Waals surface area (Å²) in [6.07, 6.45) is 1.99. The van der Waals surface area contributed by atoms with Gasteiger partial charge in [0.15, 0.2) is 5.78 Å². The topological polar surface area (TPSA) is 30.0 Å². The van der Waals surface area contributed by atoms with Crippen LogP contribution >= 0.6 is 23.3 Å². The first-order valence-corrected chi connectivity index (χ1v) is 6.59. The van der Waals surface area contributed by atoms with E-state index in [2.05, 4.69) is 4.37 Å². The fourth-order valence-electron chi connectivity index (χ4n) is 1.61. The van der Waals surface area contributed by atoms with E-state index in [9.17, 15) is 4.79 Å². The van der Waals surface area contributed by atoms with Crippen LogP contribution in [-0.4, -0.2) is 16.4 Å². The van der Waals surface area contributed by atoms with Crippen LogP contribution in [0.4, 0.5) is 0 Å². The van der Waals surface area contributed by atoms with Gasteiger partial charge >= 0.3 is 0 Å². The fraction of sp³-hybridized carbons (Fsp3) is 0.273. The van der Waals surface area contributed by atoms with Gasteiger partial charge in [-0.15, -0.1) is 11.8 Å². The Hall–Kier alpha value is -0.870. The van der Waals surface area contributed by atoms with Crippen LogP contribution in [0, 0.1) is 6.92 Å². The third-order valence-electron chi connectivity index (χ3n) is 2.36. The third kappa shape index (κ3) is 1.68. The minimum Gasteiger partial charge on any atom is -0.294 e. The number of rotatable bonds is 2. The SMILES string of the molecule is CSc1ccc2c(C)nsc2c1C(C)=O. The van der Waals surface area contributed by atoms with Crippen molar-refractivity contribution in [2.45, 2.75) is 18.7 Å². The molecule has 78 valence electrons. The Kier molecular flexibility index (Phi) is 2.80. The van der Waals surface area contributed by atoms with E-state index < -0.39 is 0 Å². The average Bonchev–Trinajstić information content (AvgIpc) is 2.58. The fourth-order valence-corrected chi connectivity index (χ4v) is 3.32. The zero-order chi connectivity index (χ0) is 11.0. The van der Waals surface area contributed by atoms with E-state index >= 15 is 0 Å². The van der Waals surface area contributed by atoms with E-state index in [1.807, 2.05) is 25.3 Å². The summed E-state index contributed by atoms with van der Waals surface area (Å²) in [5, 5.41) is 1.10. The van der Waals surface area contributed by atoms with Gasteiger partial charge in [-0.05, 0) is 37.7 Å². The second-order valence-electron chi connectivity index (χ2n) is 3.34. The lowest BCUT2D eigenvalue weighted by molar-refractivity contribution is 0.101. The number of aromatic nitrogens is 1. The van der Waals surface area contributed by atoms with Crippen molar-refractivity contribution >= 4 is 39.2 Å². The molecule has 0 aliphatic rings. The molecule has 15 heavy (non-hydrogen) atoms. The van der Waals surface area contributed by atoms with E-state index in [-0.39, 0.29) is 5.78 Å². The zero-order valence-corrected chi connectivity index (χ0v) is 10.5. The molecule has 0 radical (unpaired) electrons. The van der Waals surface area contributed by atoms with E-state index in [1.54, 1.807) is 18.7 Å². The molecular formula is C11H11NOS2. The van der Waals surface area contributed by atoms with Crippen LogP contribution in [0.3, 0.4) is 0 Å². The van der Waals surface area contributed by atoms with E-state index in [0.29, 0.717) is 0 Å². The first-order chi connectivity index (χ1) is 7.15. The van der Waals surface area contributed by atoms with Crippen molar-refractivity contribution in [1.29, 1.82) is 0 Å². The molecule has 0 fully saturated rings. The highest BCUT2D eigenvalue weighted by molar-refractivity contribution is 7.98. The highest BCUT2D eigenvalue weighted by Crippen LogP contribution is 2.32. The highest BCUT2D eigenvalue weighted by Gasteiger charge is 2.14. The number of Topliss-reactive ketones (excluding diaryl/α,β-unsaturated/α-hetero) is 1. The molecular weight excluding hydrogens is 226 g/mol. The average molecular weight is 237 g/mol. The lowest BCUT2D eigenvalue weighted by atomic mass is 10.1. The monoisotopic (exact) mass is 237 g/mol. The molecule has 1 aromatic carbocycles. The first-order valence-electron chi connectivity index (χ1n) is 4.59. The lowest BCUT2D eigenvalue weighted by Crippen LogP contribution is -1.95. The maximum Gasteiger partial charge on any atom is 0.162 e. The molecule has 1 aromatic heterocycles. The molecule has 0 atom stereocenters. The maximum absolute atomic E-state index is 11.6. The van der Waals surface area contributed by atoms with E-state index in [1.165, 1.54) is 11.5 Å². The number of carbonyl (C=O) groups excluding carboxylic acids is 1. The van der Waals surface area contributed by atoms with Crippen LogP contribution in [0.1, 0.15) is 23.0 Å². The second kappa shape index (κ2) is 3.94. The normalized spacial score (nSPS) is 10.9. The van der Waals surface area contributed by atoms with Crippen LogP contribution in [0.15, 0.2) is 17.0 Å². The molecule has 2 aromatic rings. The molecule has 0 N–H and O–H groups in total. The number of carbonyl (C=O) groups is 1. The summed E-state index contributed by atoms with van der Waals surface area (Å²) in [5.41, 5.74) is 1.83. The number of hydrogen-bond donors (Lipinski definition) is 0. The number of benzene rings is 1. The number of ketones is 1. The van der Waals surface area contributed by atoms with Crippen LogP contribution in [0.25, 0.3) is 10.1 Å². The standard InChI is InChI=1S/C11H11NOS2/c1-6-8-4-5-9(14-3)10(7(2)13)11(8)15-12-6/h4-5H,1-3H3. The molecule has 0 saturated heterocycles. The van der Waals surface area contributed by atoms with Crippen molar-refractivity contribution in [2.24, 2.45) is 0 Å². The van der Waals surface area contributed by atoms with Crippen LogP contribution < -0.4 is 0 Å². The quantitative estimate of drug-likeness (QED) is 0.591. The number of thioether (sulfide) groups is 1. The first kappa shape index (κ1) is 10.6. The summed E-state index contributed by atoms with van der Waals surface area (Å²) < 4.78 is 5.31. The summed E-state index contributed by atoms with van der Waals surface area (Å²) in [6, 6.07) is 4.05. The van der Waals surface area contributed by atoms with Crippen LogP contribution in [0.2, 0.25) is 0 Å². The Labute approximate surface area is 96.9 Å². The third-order valence-corrected chi connectivity index (χ3v) is 4.11. The highest BCUT2D eigenvalue weighted by atomic mass is 32.2. The number of nitrogens with zero attached hydrogens (tertiary/aromatic N) is 1. The summed E-state index contributed by atoms with van der Waals surface area (Å²) in [4.78, 5) is 12.7. The predicted molar refractivity (Wildman–Crippen MR) is 66.1 cm³/mol. The second-order valence-corrected chi connectivity index (χ2v) is 4.97. The van der Waals surface area contributed by atoms with Gasteiger partial charge in [0, 0.05) is 10.3 Å². The summed E-state index contributed by atoms with van der Waals surface area (Å²) in [6.45, 7) is 3.59.